The highest BCUT2D eigenvalue weighted by molar-refractivity contribution is 7.10. The highest BCUT2D eigenvalue weighted by Crippen LogP contribution is 2.25. The van der Waals surface area contributed by atoms with Crippen LogP contribution in [0.25, 0.3) is 5.57 Å². The summed E-state index contributed by atoms with van der Waals surface area (Å²) in [5.74, 6) is 6.36. The van der Waals surface area contributed by atoms with E-state index >= 15 is 0 Å². The molecule has 1 heterocycles. The molecule has 0 atom stereocenters. The SMILES string of the molecule is C=Nc1ccccc1/C(C#Cc1cccs1)=C\C. The standard InChI is InChI=1S/C16H13NS/c1-3-13(10-11-14-7-6-12-18-14)15-8-4-5-9-16(15)17-2/h3-9,12H,2H2,1H3/b13-3-. The monoisotopic (exact) mass is 251 g/mol. The summed E-state index contributed by atoms with van der Waals surface area (Å²) >= 11 is 1.64. The van der Waals surface area contributed by atoms with Crippen LogP contribution in [0, 0.1) is 11.8 Å². The van der Waals surface area contributed by atoms with Gasteiger partial charge < -0.3 is 0 Å². The molecule has 0 aliphatic carbocycles. The quantitative estimate of drug-likeness (QED) is 0.549. The van der Waals surface area contributed by atoms with Gasteiger partial charge in [-0.2, -0.15) is 0 Å². The summed E-state index contributed by atoms with van der Waals surface area (Å²) < 4.78 is 0. The Morgan fingerprint density at radius 1 is 1.28 bits per heavy atom. The van der Waals surface area contributed by atoms with Crippen LogP contribution in [0.2, 0.25) is 0 Å². The average molecular weight is 251 g/mol. The summed E-state index contributed by atoms with van der Waals surface area (Å²) in [5.41, 5.74) is 2.87. The van der Waals surface area contributed by atoms with E-state index in [1.165, 1.54) is 0 Å². The zero-order valence-corrected chi connectivity index (χ0v) is 11.0. The molecule has 0 amide bonds. The second-order valence-electron chi connectivity index (χ2n) is 3.60. The Morgan fingerprint density at radius 2 is 2.11 bits per heavy atom. The zero-order chi connectivity index (χ0) is 12.8. The van der Waals surface area contributed by atoms with E-state index in [0.717, 1.165) is 21.7 Å². The fourth-order valence-corrected chi connectivity index (χ4v) is 2.18. The number of para-hydroxylation sites is 1. The number of benzene rings is 1. The highest BCUT2D eigenvalue weighted by Gasteiger charge is 2.02. The summed E-state index contributed by atoms with van der Waals surface area (Å²) in [6, 6.07) is 11.9. The van der Waals surface area contributed by atoms with Crippen molar-refractivity contribution in [2.45, 2.75) is 6.92 Å². The van der Waals surface area contributed by atoms with Gasteiger partial charge in [-0.1, -0.05) is 42.2 Å². The Morgan fingerprint density at radius 3 is 2.78 bits per heavy atom. The first kappa shape index (κ1) is 12.3. The lowest BCUT2D eigenvalue weighted by atomic mass is 10.0. The second kappa shape index (κ2) is 6.00. The molecule has 2 heteroatoms. The summed E-state index contributed by atoms with van der Waals surface area (Å²) in [5, 5.41) is 2.03. The zero-order valence-electron chi connectivity index (χ0n) is 10.2. The van der Waals surface area contributed by atoms with E-state index in [1.54, 1.807) is 11.3 Å². The summed E-state index contributed by atoms with van der Waals surface area (Å²) in [7, 11) is 0. The third kappa shape index (κ3) is 2.77. The van der Waals surface area contributed by atoms with Crippen molar-refractivity contribution in [3.8, 4) is 11.8 Å². The third-order valence-electron chi connectivity index (χ3n) is 2.49. The fraction of sp³-hybridized carbons (Fsp3) is 0.0625. The van der Waals surface area contributed by atoms with Crippen molar-refractivity contribution in [3.05, 3.63) is 58.3 Å². The first-order chi connectivity index (χ1) is 8.85. The van der Waals surface area contributed by atoms with Gasteiger partial charge in [-0.25, -0.2) is 0 Å². The molecular weight excluding hydrogens is 238 g/mol. The van der Waals surface area contributed by atoms with Crippen LogP contribution in [0.3, 0.4) is 0 Å². The van der Waals surface area contributed by atoms with Crippen molar-refractivity contribution in [3.63, 3.8) is 0 Å². The van der Waals surface area contributed by atoms with Gasteiger partial charge in [-0.3, -0.25) is 4.99 Å². The van der Waals surface area contributed by atoms with E-state index in [4.69, 9.17) is 0 Å². The predicted molar refractivity (Wildman–Crippen MR) is 80.5 cm³/mol. The Labute approximate surface area is 112 Å². The van der Waals surface area contributed by atoms with E-state index in [1.807, 2.05) is 54.8 Å². The van der Waals surface area contributed by atoms with Gasteiger partial charge in [0.1, 0.15) is 0 Å². The molecule has 1 aromatic heterocycles. The molecule has 0 fully saturated rings. The lowest BCUT2D eigenvalue weighted by molar-refractivity contribution is 1.50. The normalized spacial score (nSPS) is 10.6. The van der Waals surface area contributed by atoms with E-state index < -0.39 is 0 Å². The molecule has 0 saturated carbocycles. The van der Waals surface area contributed by atoms with Crippen molar-refractivity contribution in [1.29, 1.82) is 0 Å². The Bertz CT molecular complexity index is 625. The van der Waals surface area contributed by atoms with Crippen LogP contribution in [0.5, 0.6) is 0 Å². The summed E-state index contributed by atoms with van der Waals surface area (Å²) in [4.78, 5) is 5.10. The van der Waals surface area contributed by atoms with Crippen LogP contribution in [-0.2, 0) is 0 Å². The molecule has 0 N–H and O–H groups in total. The van der Waals surface area contributed by atoms with Gasteiger partial charge >= 0.3 is 0 Å². The summed E-state index contributed by atoms with van der Waals surface area (Å²) in [6.45, 7) is 5.58. The van der Waals surface area contributed by atoms with Crippen molar-refractivity contribution in [2.75, 3.05) is 0 Å². The fourth-order valence-electron chi connectivity index (χ4n) is 1.61. The van der Waals surface area contributed by atoms with Gasteiger partial charge in [0.25, 0.3) is 0 Å². The molecule has 0 aliphatic heterocycles. The van der Waals surface area contributed by atoms with Crippen LogP contribution in [0.4, 0.5) is 5.69 Å². The molecule has 1 aromatic carbocycles. The van der Waals surface area contributed by atoms with E-state index in [-0.39, 0.29) is 0 Å². The van der Waals surface area contributed by atoms with Crippen LogP contribution >= 0.6 is 11.3 Å². The number of hydrogen-bond acceptors (Lipinski definition) is 2. The smallest absolute Gasteiger partial charge is 0.0772 e. The minimum atomic E-state index is 0.867. The number of hydrogen-bond donors (Lipinski definition) is 0. The first-order valence-electron chi connectivity index (χ1n) is 5.63. The molecule has 0 bridgehead atoms. The molecule has 0 aliphatic rings. The van der Waals surface area contributed by atoms with Crippen LogP contribution in [0.1, 0.15) is 17.4 Å². The molecular formula is C16H13NS. The second-order valence-corrected chi connectivity index (χ2v) is 4.55. The predicted octanol–water partition coefficient (Wildman–Crippen LogP) is 4.54. The number of rotatable bonds is 2. The van der Waals surface area contributed by atoms with Gasteiger partial charge in [0.05, 0.1) is 10.6 Å². The Balaban J connectivity index is 2.38. The van der Waals surface area contributed by atoms with Crippen LogP contribution < -0.4 is 0 Å². The highest BCUT2D eigenvalue weighted by atomic mass is 32.1. The maximum absolute atomic E-state index is 4.03. The van der Waals surface area contributed by atoms with Gasteiger partial charge in [-0.15, -0.1) is 11.3 Å². The van der Waals surface area contributed by atoms with E-state index in [0.29, 0.717) is 0 Å². The van der Waals surface area contributed by atoms with Crippen molar-refractivity contribution in [2.24, 2.45) is 4.99 Å². The van der Waals surface area contributed by atoms with E-state index in [2.05, 4.69) is 23.6 Å². The number of aliphatic imine (C=N–C) groups is 1. The lowest BCUT2D eigenvalue weighted by Gasteiger charge is -2.03. The van der Waals surface area contributed by atoms with Crippen molar-refractivity contribution >= 4 is 29.3 Å². The molecule has 18 heavy (non-hydrogen) atoms. The average Bonchev–Trinajstić information content (AvgIpc) is 2.93. The number of allylic oxidation sites excluding steroid dienone is 2. The van der Waals surface area contributed by atoms with E-state index in [9.17, 15) is 0 Å². The molecule has 0 spiro atoms. The topological polar surface area (TPSA) is 12.4 Å². The minimum Gasteiger partial charge on any atom is -0.264 e. The van der Waals surface area contributed by atoms with Gasteiger partial charge in [0.15, 0.2) is 0 Å². The number of nitrogens with zero attached hydrogens (tertiary/aromatic N) is 1. The number of thiophene rings is 1. The first-order valence-corrected chi connectivity index (χ1v) is 6.51. The minimum absolute atomic E-state index is 0.867. The molecule has 1 nitrogen and oxygen atoms in total. The van der Waals surface area contributed by atoms with Gasteiger partial charge in [0.2, 0.25) is 0 Å². The molecule has 2 rings (SSSR count). The molecule has 88 valence electrons. The molecule has 0 unspecified atom stereocenters. The lowest BCUT2D eigenvalue weighted by Crippen LogP contribution is -1.82. The largest absolute Gasteiger partial charge is 0.264 e. The van der Waals surface area contributed by atoms with Crippen molar-refractivity contribution < 1.29 is 0 Å². The maximum atomic E-state index is 4.03. The van der Waals surface area contributed by atoms with Crippen LogP contribution in [-0.4, -0.2) is 6.72 Å². The third-order valence-corrected chi connectivity index (χ3v) is 3.28. The molecule has 0 saturated heterocycles. The molecule has 2 aromatic rings. The molecule has 0 radical (unpaired) electrons. The Hall–Kier alpha value is -2.11. The van der Waals surface area contributed by atoms with Gasteiger partial charge in [-0.05, 0) is 31.2 Å². The summed E-state index contributed by atoms with van der Waals surface area (Å²) in [6.07, 6.45) is 2.00. The Kier molecular flexibility index (Phi) is 4.11. The van der Waals surface area contributed by atoms with Crippen LogP contribution in [0.15, 0.2) is 52.8 Å². The van der Waals surface area contributed by atoms with Gasteiger partial charge in [0, 0.05) is 11.1 Å². The van der Waals surface area contributed by atoms with Crippen molar-refractivity contribution in [1.82, 2.24) is 0 Å². The maximum Gasteiger partial charge on any atom is 0.0772 e.